The summed E-state index contributed by atoms with van der Waals surface area (Å²) in [4.78, 5) is 35.1. The minimum Gasteiger partial charge on any atom is -0.466 e. The molecule has 1 aromatic carbocycles. The largest absolute Gasteiger partial charge is 0.466 e. The molecular weight excluding hydrogens is 300 g/mol. The van der Waals surface area contributed by atoms with E-state index in [0.717, 1.165) is 0 Å². The van der Waals surface area contributed by atoms with Gasteiger partial charge in [-0.05, 0) is 18.9 Å². The molecule has 4 N–H and O–H groups in total. The lowest BCUT2D eigenvalue weighted by atomic mass is 10.0. The predicted octanol–water partition coefficient (Wildman–Crippen LogP) is 0.279. The molecular formula is C16H22N2O5. The molecule has 7 heteroatoms. The highest BCUT2D eigenvalue weighted by molar-refractivity contribution is 5.89. The number of carbonyl (C=O) groups excluding carboxylic acids is 3. The molecule has 0 heterocycles. The molecule has 23 heavy (non-hydrogen) atoms. The maximum atomic E-state index is 12.1. The summed E-state index contributed by atoms with van der Waals surface area (Å²) in [5.41, 5.74) is 5.65. The lowest BCUT2D eigenvalue weighted by molar-refractivity contribution is -0.148. The summed E-state index contributed by atoms with van der Waals surface area (Å²) in [5, 5.41) is 12.4. The fraction of sp³-hybridized carbons (Fsp3) is 0.438. The number of nitrogens with two attached hydrogens (primary N) is 1. The zero-order valence-corrected chi connectivity index (χ0v) is 13.2. The second-order valence-corrected chi connectivity index (χ2v) is 5.17. The van der Waals surface area contributed by atoms with Crippen molar-refractivity contribution >= 4 is 17.8 Å². The molecule has 0 aliphatic carbocycles. The van der Waals surface area contributed by atoms with Crippen molar-refractivity contribution in [1.29, 1.82) is 0 Å². The van der Waals surface area contributed by atoms with Crippen LogP contribution in [-0.2, 0) is 19.1 Å². The Morgan fingerprint density at radius 1 is 1.26 bits per heavy atom. The van der Waals surface area contributed by atoms with Crippen LogP contribution in [0.5, 0.6) is 0 Å². The van der Waals surface area contributed by atoms with Crippen molar-refractivity contribution < 1.29 is 24.2 Å². The van der Waals surface area contributed by atoms with Gasteiger partial charge in [-0.15, -0.1) is 0 Å². The SMILES string of the molecule is CCOC(=O)[C@@H](C)C[C@H](NC(=O)[C@@H](O)c1ccccc1)C(N)=O. The minimum absolute atomic E-state index is 0.00141. The molecule has 1 aromatic rings. The molecule has 1 rings (SSSR count). The molecule has 0 unspecified atom stereocenters. The van der Waals surface area contributed by atoms with Crippen molar-refractivity contribution in [2.75, 3.05) is 6.61 Å². The number of aliphatic hydroxyl groups excluding tert-OH is 1. The highest BCUT2D eigenvalue weighted by Gasteiger charge is 2.27. The van der Waals surface area contributed by atoms with Crippen molar-refractivity contribution in [2.24, 2.45) is 11.7 Å². The third-order valence-corrected chi connectivity index (χ3v) is 3.30. The first-order valence-electron chi connectivity index (χ1n) is 7.36. The second kappa shape index (κ2) is 8.89. The monoisotopic (exact) mass is 322 g/mol. The normalized spacial score (nSPS) is 14.4. The Labute approximate surface area is 134 Å². The molecule has 0 aromatic heterocycles. The number of hydrogen-bond donors (Lipinski definition) is 3. The van der Waals surface area contributed by atoms with Gasteiger partial charge in [0.2, 0.25) is 5.91 Å². The Bertz CT molecular complexity index is 547. The van der Waals surface area contributed by atoms with Crippen LogP contribution in [0.2, 0.25) is 0 Å². The highest BCUT2D eigenvalue weighted by Crippen LogP contribution is 2.14. The van der Waals surface area contributed by atoms with Gasteiger partial charge in [0.1, 0.15) is 6.04 Å². The number of amides is 2. The summed E-state index contributed by atoms with van der Waals surface area (Å²) in [5.74, 6) is -2.62. The molecule has 0 saturated carbocycles. The third-order valence-electron chi connectivity index (χ3n) is 3.30. The average molecular weight is 322 g/mol. The fourth-order valence-corrected chi connectivity index (χ4v) is 2.02. The summed E-state index contributed by atoms with van der Waals surface area (Å²) in [6, 6.07) is 7.22. The third kappa shape index (κ3) is 5.71. The standard InChI is InChI=1S/C16H22N2O5/c1-3-23-16(22)10(2)9-12(14(17)20)18-15(21)13(19)11-7-5-4-6-8-11/h4-8,10,12-13,19H,3,9H2,1-2H3,(H2,17,20)(H,18,21)/t10-,12-,13-/m0/s1. The van der Waals surface area contributed by atoms with E-state index in [4.69, 9.17) is 10.5 Å². The van der Waals surface area contributed by atoms with Crippen molar-refractivity contribution in [3.05, 3.63) is 35.9 Å². The topological polar surface area (TPSA) is 119 Å². The molecule has 7 nitrogen and oxygen atoms in total. The number of benzene rings is 1. The maximum absolute atomic E-state index is 12.1. The van der Waals surface area contributed by atoms with Crippen LogP contribution in [0.15, 0.2) is 30.3 Å². The van der Waals surface area contributed by atoms with Crippen LogP contribution in [-0.4, -0.2) is 35.5 Å². The zero-order valence-electron chi connectivity index (χ0n) is 13.2. The first-order chi connectivity index (χ1) is 10.9. The van der Waals surface area contributed by atoms with E-state index in [1.807, 2.05) is 0 Å². The summed E-state index contributed by atoms with van der Waals surface area (Å²) in [7, 11) is 0. The molecule has 0 fully saturated rings. The molecule has 0 bridgehead atoms. The van der Waals surface area contributed by atoms with Crippen LogP contribution < -0.4 is 11.1 Å². The molecule has 0 radical (unpaired) electrons. The van der Waals surface area contributed by atoms with Crippen LogP contribution in [0.25, 0.3) is 0 Å². The maximum Gasteiger partial charge on any atom is 0.308 e. The zero-order chi connectivity index (χ0) is 17.4. The first-order valence-corrected chi connectivity index (χ1v) is 7.36. The van der Waals surface area contributed by atoms with Gasteiger partial charge in [0, 0.05) is 0 Å². The van der Waals surface area contributed by atoms with E-state index in [-0.39, 0.29) is 13.0 Å². The molecule has 0 aliphatic rings. The summed E-state index contributed by atoms with van der Waals surface area (Å²) in [6.07, 6.45) is -1.42. The Morgan fingerprint density at radius 3 is 2.39 bits per heavy atom. The van der Waals surface area contributed by atoms with Gasteiger partial charge in [0.05, 0.1) is 12.5 Å². The van der Waals surface area contributed by atoms with Crippen LogP contribution in [0.4, 0.5) is 0 Å². The molecule has 126 valence electrons. The van der Waals surface area contributed by atoms with Crippen LogP contribution >= 0.6 is 0 Å². The van der Waals surface area contributed by atoms with Gasteiger partial charge < -0.3 is 20.9 Å². The molecule has 0 saturated heterocycles. The van der Waals surface area contributed by atoms with Crippen molar-refractivity contribution in [1.82, 2.24) is 5.32 Å². The number of nitrogens with one attached hydrogen (secondary N) is 1. The fourth-order valence-electron chi connectivity index (χ4n) is 2.02. The van der Waals surface area contributed by atoms with Gasteiger partial charge in [0.25, 0.3) is 5.91 Å². The number of hydrogen-bond acceptors (Lipinski definition) is 5. The van der Waals surface area contributed by atoms with Crippen LogP contribution in [0, 0.1) is 5.92 Å². The van der Waals surface area contributed by atoms with Gasteiger partial charge in [-0.3, -0.25) is 14.4 Å². The smallest absolute Gasteiger partial charge is 0.308 e. The number of primary amides is 1. The van der Waals surface area contributed by atoms with Crippen molar-refractivity contribution in [2.45, 2.75) is 32.4 Å². The Hall–Kier alpha value is -2.41. The van der Waals surface area contributed by atoms with E-state index < -0.39 is 35.8 Å². The quantitative estimate of drug-likeness (QED) is 0.594. The Kier molecular flexibility index (Phi) is 7.21. The van der Waals surface area contributed by atoms with Gasteiger partial charge in [0.15, 0.2) is 6.10 Å². The van der Waals surface area contributed by atoms with E-state index >= 15 is 0 Å². The van der Waals surface area contributed by atoms with E-state index in [9.17, 15) is 19.5 Å². The lowest BCUT2D eigenvalue weighted by Gasteiger charge is -2.20. The van der Waals surface area contributed by atoms with Gasteiger partial charge in [-0.25, -0.2) is 0 Å². The number of esters is 1. The molecule has 0 aliphatic heterocycles. The van der Waals surface area contributed by atoms with E-state index in [1.54, 1.807) is 44.2 Å². The molecule has 0 spiro atoms. The number of carbonyl (C=O) groups is 3. The minimum atomic E-state index is -1.42. The Morgan fingerprint density at radius 2 is 1.87 bits per heavy atom. The predicted molar refractivity (Wildman–Crippen MR) is 82.9 cm³/mol. The summed E-state index contributed by atoms with van der Waals surface area (Å²) in [6.45, 7) is 3.48. The first kappa shape index (κ1) is 18.6. The van der Waals surface area contributed by atoms with Crippen molar-refractivity contribution in [3.8, 4) is 0 Å². The summed E-state index contributed by atoms with van der Waals surface area (Å²) < 4.78 is 4.85. The van der Waals surface area contributed by atoms with Gasteiger partial charge >= 0.3 is 5.97 Å². The number of ether oxygens (including phenoxy) is 1. The van der Waals surface area contributed by atoms with E-state index in [1.165, 1.54) is 0 Å². The van der Waals surface area contributed by atoms with Gasteiger partial charge in [-0.2, -0.15) is 0 Å². The number of aliphatic hydroxyl groups is 1. The molecule has 2 amide bonds. The van der Waals surface area contributed by atoms with Crippen LogP contribution in [0.1, 0.15) is 31.9 Å². The summed E-state index contributed by atoms with van der Waals surface area (Å²) >= 11 is 0. The second-order valence-electron chi connectivity index (χ2n) is 5.17. The number of rotatable bonds is 8. The van der Waals surface area contributed by atoms with Crippen molar-refractivity contribution in [3.63, 3.8) is 0 Å². The van der Waals surface area contributed by atoms with E-state index in [0.29, 0.717) is 5.56 Å². The highest BCUT2D eigenvalue weighted by atomic mass is 16.5. The van der Waals surface area contributed by atoms with Gasteiger partial charge in [-0.1, -0.05) is 37.3 Å². The van der Waals surface area contributed by atoms with E-state index in [2.05, 4.69) is 5.32 Å². The van der Waals surface area contributed by atoms with Crippen LogP contribution in [0.3, 0.4) is 0 Å². The molecule has 3 atom stereocenters. The average Bonchev–Trinajstić information content (AvgIpc) is 2.54. The lowest BCUT2D eigenvalue weighted by Crippen LogP contribution is -2.47. The Balaban J connectivity index is 2.70.